The Hall–Kier alpha value is -0.860. The van der Waals surface area contributed by atoms with Gasteiger partial charge < -0.3 is 5.32 Å². The van der Waals surface area contributed by atoms with E-state index in [0.29, 0.717) is 5.41 Å². The maximum Gasteiger partial charge on any atom is 0.0345 e. The van der Waals surface area contributed by atoms with E-state index in [4.69, 9.17) is 0 Å². The molecule has 0 aliphatic rings. The minimum Gasteiger partial charge on any atom is -0.316 e. The normalized spacial score (nSPS) is 12.2. The van der Waals surface area contributed by atoms with Gasteiger partial charge in [-0.05, 0) is 53.6 Å². The summed E-state index contributed by atoms with van der Waals surface area (Å²) in [5, 5.41) is 7.33. The lowest BCUT2D eigenvalue weighted by Crippen LogP contribution is -2.30. The summed E-state index contributed by atoms with van der Waals surface area (Å²) in [6.45, 7) is 9.19. The molecule has 0 fully saturated rings. The molecule has 2 rings (SSSR count). The summed E-state index contributed by atoms with van der Waals surface area (Å²) < 4.78 is 1.42. The molecule has 0 saturated carbocycles. The second-order valence-corrected chi connectivity index (χ2v) is 7.01. The van der Waals surface area contributed by atoms with Gasteiger partial charge in [0.2, 0.25) is 0 Å². The van der Waals surface area contributed by atoms with Crippen LogP contribution in [-0.4, -0.2) is 13.1 Å². The Morgan fingerprint density at radius 3 is 2.79 bits per heavy atom. The van der Waals surface area contributed by atoms with Gasteiger partial charge in [0.05, 0.1) is 0 Å². The molecule has 0 unspecified atom stereocenters. The lowest BCUT2D eigenvalue weighted by Gasteiger charge is -2.25. The molecular formula is C17H25NS. The van der Waals surface area contributed by atoms with Crippen LogP contribution < -0.4 is 5.32 Å². The summed E-state index contributed by atoms with van der Waals surface area (Å²) in [5.74, 6) is 0. The lowest BCUT2D eigenvalue weighted by molar-refractivity contribution is 0.316. The van der Waals surface area contributed by atoms with Crippen LogP contribution in [0.1, 0.15) is 39.2 Å². The first-order valence-corrected chi connectivity index (χ1v) is 8.16. The number of hydrogen-bond donors (Lipinski definition) is 1. The standard InChI is InChI=1S/C17H25NS/c1-4-11-18-13-17(2,3)10-9-14-12-19-16-8-6-5-7-15(14)16/h5-8,12,18H,4,9-11,13H2,1-3H3. The molecular weight excluding hydrogens is 250 g/mol. The molecule has 1 nitrogen and oxygen atoms in total. The van der Waals surface area contributed by atoms with E-state index in [-0.39, 0.29) is 0 Å². The number of rotatable bonds is 7. The molecule has 0 aliphatic heterocycles. The van der Waals surface area contributed by atoms with Crippen molar-refractivity contribution < 1.29 is 0 Å². The fraction of sp³-hybridized carbons (Fsp3) is 0.529. The van der Waals surface area contributed by atoms with Crippen LogP contribution >= 0.6 is 11.3 Å². The highest BCUT2D eigenvalue weighted by atomic mass is 32.1. The zero-order chi connectivity index (χ0) is 13.7. The molecule has 0 bridgehead atoms. The van der Waals surface area contributed by atoms with E-state index in [1.54, 1.807) is 0 Å². The zero-order valence-electron chi connectivity index (χ0n) is 12.3. The predicted octanol–water partition coefficient (Wildman–Crippen LogP) is 4.86. The number of thiophene rings is 1. The number of nitrogens with one attached hydrogen (secondary N) is 1. The molecule has 0 radical (unpaired) electrons. The first-order chi connectivity index (χ1) is 9.12. The molecule has 1 heterocycles. The van der Waals surface area contributed by atoms with E-state index in [1.165, 1.54) is 34.9 Å². The SMILES string of the molecule is CCCNCC(C)(C)CCc1csc2ccccc12. The summed E-state index contributed by atoms with van der Waals surface area (Å²) in [5.41, 5.74) is 1.89. The van der Waals surface area contributed by atoms with Gasteiger partial charge in [0.25, 0.3) is 0 Å². The van der Waals surface area contributed by atoms with Crippen LogP contribution in [0.5, 0.6) is 0 Å². The van der Waals surface area contributed by atoms with Crippen molar-refractivity contribution in [1.82, 2.24) is 5.32 Å². The fourth-order valence-corrected chi connectivity index (χ4v) is 3.39. The molecule has 104 valence electrons. The van der Waals surface area contributed by atoms with Crippen molar-refractivity contribution in [3.8, 4) is 0 Å². The Labute approximate surface area is 121 Å². The van der Waals surface area contributed by atoms with Crippen molar-refractivity contribution in [1.29, 1.82) is 0 Å². The van der Waals surface area contributed by atoms with Crippen LogP contribution in [0.25, 0.3) is 10.1 Å². The van der Waals surface area contributed by atoms with Crippen LogP contribution in [0.3, 0.4) is 0 Å². The van der Waals surface area contributed by atoms with Crippen LogP contribution in [0.15, 0.2) is 29.6 Å². The quantitative estimate of drug-likeness (QED) is 0.712. The average Bonchev–Trinajstić information content (AvgIpc) is 2.80. The van der Waals surface area contributed by atoms with Gasteiger partial charge in [-0.3, -0.25) is 0 Å². The molecule has 1 aromatic heterocycles. The van der Waals surface area contributed by atoms with Crippen molar-refractivity contribution in [3.05, 3.63) is 35.2 Å². The number of benzene rings is 1. The van der Waals surface area contributed by atoms with Gasteiger partial charge in [0.1, 0.15) is 0 Å². The van der Waals surface area contributed by atoms with Crippen molar-refractivity contribution in [2.75, 3.05) is 13.1 Å². The third kappa shape index (κ3) is 4.05. The van der Waals surface area contributed by atoms with Gasteiger partial charge in [-0.2, -0.15) is 0 Å². The lowest BCUT2D eigenvalue weighted by atomic mass is 9.86. The summed E-state index contributed by atoms with van der Waals surface area (Å²) in [7, 11) is 0. The highest BCUT2D eigenvalue weighted by Gasteiger charge is 2.17. The fourth-order valence-electron chi connectivity index (χ4n) is 2.39. The zero-order valence-corrected chi connectivity index (χ0v) is 13.1. The second-order valence-electron chi connectivity index (χ2n) is 6.10. The largest absolute Gasteiger partial charge is 0.316 e. The smallest absolute Gasteiger partial charge is 0.0345 e. The molecule has 0 amide bonds. The van der Waals surface area contributed by atoms with Gasteiger partial charge in [-0.15, -0.1) is 11.3 Å². The summed E-state index contributed by atoms with van der Waals surface area (Å²) in [6.07, 6.45) is 3.64. The minimum absolute atomic E-state index is 0.373. The van der Waals surface area contributed by atoms with Gasteiger partial charge in [-0.25, -0.2) is 0 Å². The Bertz CT molecular complexity index is 513. The molecule has 19 heavy (non-hydrogen) atoms. The van der Waals surface area contributed by atoms with E-state index < -0.39 is 0 Å². The maximum atomic E-state index is 3.55. The van der Waals surface area contributed by atoms with E-state index in [9.17, 15) is 0 Å². The van der Waals surface area contributed by atoms with E-state index in [0.717, 1.165) is 13.1 Å². The Balaban J connectivity index is 1.94. The number of aryl methyl sites for hydroxylation is 1. The highest BCUT2D eigenvalue weighted by molar-refractivity contribution is 7.17. The van der Waals surface area contributed by atoms with Crippen LogP contribution in [-0.2, 0) is 6.42 Å². The predicted molar refractivity (Wildman–Crippen MR) is 87.1 cm³/mol. The van der Waals surface area contributed by atoms with Crippen molar-refractivity contribution in [3.63, 3.8) is 0 Å². The summed E-state index contributed by atoms with van der Waals surface area (Å²) in [6, 6.07) is 8.74. The van der Waals surface area contributed by atoms with E-state index in [2.05, 4.69) is 55.7 Å². The van der Waals surface area contributed by atoms with E-state index in [1.807, 2.05) is 11.3 Å². The van der Waals surface area contributed by atoms with Gasteiger partial charge in [0.15, 0.2) is 0 Å². The Kier molecular flexibility index (Phi) is 5.00. The highest BCUT2D eigenvalue weighted by Crippen LogP contribution is 2.29. The summed E-state index contributed by atoms with van der Waals surface area (Å²) >= 11 is 1.87. The Morgan fingerprint density at radius 2 is 2.00 bits per heavy atom. The van der Waals surface area contributed by atoms with Crippen molar-refractivity contribution in [2.24, 2.45) is 5.41 Å². The van der Waals surface area contributed by atoms with Crippen LogP contribution in [0.4, 0.5) is 0 Å². The average molecular weight is 275 g/mol. The molecule has 1 N–H and O–H groups in total. The third-order valence-electron chi connectivity index (χ3n) is 3.66. The maximum absolute atomic E-state index is 3.55. The molecule has 0 atom stereocenters. The van der Waals surface area contributed by atoms with Crippen LogP contribution in [0, 0.1) is 5.41 Å². The molecule has 2 aromatic rings. The Morgan fingerprint density at radius 1 is 1.21 bits per heavy atom. The number of fused-ring (bicyclic) bond motifs is 1. The second kappa shape index (κ2) is 6.53. The monoisotopic (exact) mass is 275 g/mol. The number of hydrogen-bond acceptors (Lipinski definition) is 2. The van der Waals surface area contributed by atoms with E-state index >= 15 is 0 Å². The first-order valence-electron chi connectivity index (χ1n) is 7.28. The van der Waals surface area contributed by atoms with Crippen molar-refractivity contribution in [2.45, 2.75) is 40.0 Å². The molecule has 0 aliphatic carbocycles. The molecule has 1 aromatic carbocycles. The first kappa shape index (κ1) is 14.5. The van der Waals surface area contributed by atoms with Crippen molar-refractivity contribution >= 4 is 21.4 Å². The minimum atomic E-state index is 0.373. The van der Waals surface area contributed by atoms with Gasteiger partial charge >= 0.3 is 0 Å². The van der Waals surface area contributed by atoms with Crippen LogP contribution in [0.2, 0.25) is 0 Å². The molecule has 0 spiro atoms. The van der Waals surface area contributed by atoms with Gasteiger partial charge in [0, 0.05) is 11.2 Å². The molecule has 2 heteroatoms. The topological polar surface area (TPSA) is 12.0 Å². The molecule has 0 saturated heterocycles. The van der Waals surface area contributed by atoms with Gasteiger partial charge in [-0.1, -0.05) is 39.0 Å². The summed E-state index contributed by atoms with van der Waals surface area (Å²) in [4.78, 5) is 0. The third-order valence-corrected chi connectivity index (χ3v) is 4.67.